The molecule has 6 heteroatoms. The van der Waals surface area contributed by atoms with E-state index in [2.05, 4.69) is 5.32 Å². The Morgan fingerprint density at radius 1 is 1.40 bits per heavy atom. The van der Waals surface area contributed by atoms with Crippen LogP contribution >= 0.6 is 0 Å². The van der Waals surface area contributed by atoms with E-state index in [0.29, 0.717) is 13.0 Å². The molecular weight excluding hydrogens is 265 g/mol. The number of hydrogen-bond acceptors (Lipinski definition) is 3. The molecule has 108 valence electrons. The predicted octanol–water partition coefficient (Wildman–Crippen LogP) is 1.12. The van der Waals surface area contributed by atoms with E-state index >= 15 is 0 Å². The van der Waals surface area contributed by atoms with E-state index in [0.717, 1.165) is 0 Å². The van der Waals surface area contributed by atoms with Crippen LogP contribution in [-0.2, 0) is 20.7 Å². The first-order valence-corrected chi connectivity index (χ1v) is 6.35. The van der Waals surface area contributed by atoms with Gasteiger partial charge in [-0.1, -0.05) is 18.2 Å². The highest BCUT2D eigenvalue weighted by molar-refractivity contribution is 5.80. The average molecular weight is 281 g/mol. The van der Waals surface area contributed by atoms with Crippen molar-refractivity contribution in [3.05, 3.63) is 35.6 Å². The summed E-state index contributed by atoms with van der Waals surface area (Å²) in [6.45, 7) is 0.579. The smallest absolute Gasteiger partial charge is 0.305 e. The summed E-state index contributed by atoms with van der Waals surface area (Å²) in [6, 6.07) is 6.02. The van der Waals surface area contributed by atoms with Crippen LogP contribution in [0.5, 0.6) is 0 Å². The first-order valence-electron chi connectivity index (χ1n) is 6.35. The molecule has 0 aliphatic carbocycles. The highest BCUT2D eigenvalue weighted by Crippen LogP contribution is 2.23. The molecule has 1 aromatic rings. The Morgan fingerprint density at radius 2 is 2.15 bits per heavy atom. The molecule has 1 atom stereocenters. The molecule has 1 aromatic carbocycles. The second kappa shape index (κ2) is 6.00. The maximum Gasteiger partial charge on any atom is 0.305 e. The normalized spacial score (nSPS) is 21.6. The van der Waals surface area contributed by atoms with Crippen LogP contribution in [0, 0.1) is 5.82 Å². The number of carbonyl (C=O) groups is 2. The largest absolute Gasteiger partial charge is 0.481 e. The molecule has 20 heavy (non-hydrogen) atoms. The molecule has 0 bridgehead atoms. The van der Waals surface area contributed by atoms with Gasteiger partial charge in [-0.2, -0.15) is 0 Å². The first-order chi connectivity index (χ1) is 9.51. The molecule has 5 nitrogen and oxygen atoms in total. The Balaban J connectivity index is 2.02. The van der Waals surface area contributed by atoms with Gasteiger partial charge in [-0.25, -0.2) is 4.39 Å². The monoisotopic (exact) mass is 281 g/mol. The fraction of sp³-hybridized carbons (Fsp3) is 0.429. The highest BCUT2D eigenvalue weighted by Gasteiger charge is 2.38. The molecule has 0 aromatic heterocycles. The number of benzene rings is 1. The van der Waals surface area contributed by atoms with Crippen LogP contribution in [0.25, 0.3) is 0 Å². The number of halogens is 1. The first kappa shape index (κ1) is 14.5. The summed E-state index contributed by atoms with van der Waals surface area (Å²) in [5.74, 6) is -1.85. The second-order valence-electron chi connectivity index (χ2n) is 4.97. The molecule has 1 saturated heterocycles. The zero-order chi connectivity index (χ0) is 14.6. The van der Waals surface area contributed by atoms with Gasteiger partial charge in [-0.15, -0.1) is 0 Å². The van der Waals surface area contributed by atoms with Gasteiger partial charge < -0.3 is 15.2 Å². The molecule has 1 aliphatic heterocycles. The van der Waals surface area contributed by atoms with Crippen molar-refractivity contribution >= 4 is 11.9 Å². The van der Waals surface area contributed by atoms with Crippen LogP contribution in [0.4, 0.5) is 4.39 Å². The van der Waals surface area contributed by atoms with Gasteiger partial charge in [-0.3, -0.25) is 9.59 Å². The fourth-order valence-electron chi connectivity index (χ4n) is 2.33. The third-order valence-corrected chi connectivity index (χ3v) is 3.31. The summed E-state index contributed by atoms with van der Waals surface area (Å²) >= 11 is 0. The molecule has 1 heterocycles. The molecule has 0 spiro atoms. The number of carbonyl (C=O) groups excluding carboxylic acids is 1. The Bertz CT molecular complexity index is 512. The van der Waals surface area contributed by atoms with Gasteiger partial charge in [0.25, 0.3) is 0 Å². The van der Waals surface area contributed by atoms with E-state index in [1.165, 1.54) is 12.1 Å². The van der Waals surface area contributed by atoms with Crippen LogP contribution in [0.3, 0.4) is 0 Å². The van der Waals surface area contributed by atoms with Gasteiger partial charge in [0, 0.05) is 6.61 Å². The molecular formula is C14H16FNO4. The fourth-order valence-corrected chi connectivity index (χ4v) is 2.33. The van der Waals surface area contributed by atoms with Gasteiger partial charge in [0.15, 0.2) is 0 Å². The number of nitrogens with one attached hydrogen (secondary N) is 1. The number of ether oxygens (including phenoxy) is 1. The van der Waals surface area contributed by atoms with Crippen molar-refractivity contribution < 1.29 is 23.8 Å². The number of aliphatic carboxylic acids is 1. The van der Waals surface area contributed by atoms with E-state index in [1.54, 1.807) is 12.1 Å². The summed E-state index contributed by atoms with van der Waals surface area (Å²) in [4.78, 5) is 22.9. The van der Waals surface area contributed by atoms with Crippen LogP contribution in [0.15, 0.2) is 24.3 Å². The summed E-state index contributed by atoms with van der Waals surface area (Å²) in [6.07, 6.45) is 0.131. The molecule has 0 radical (unpaired) electrons. The van der Waals surface area contributed by atoms with Crippen LogP contribution in [-0.4, -0.2) is 35.7 Å². The van der Waals surface area contributed by atoms with E-state index in [4.69, 9.17) is 9.84 Å². The quantitative estimate of drug-likeness (QED) is 0.848. The molecule has 1 aliphatic rings. The van der Waals surface area contributed by atoms with Crippen LogP contribution in [0.2, 0.25) is 0 Å². The zero-order valence-electron chi connectivity index (χ0n) is 10.9. The van der Waals surface area contributed by atoms with Crippen LogP contribution < -0.4 is 5.32 Å². The van der Waals surface area contributed by atoms with Crippen molar-refractivity contribution in [1.29, 1.82) is 0 Å². The lowest BCUT2D eigenvalue weighted by Gasteiger charge is -2.27. The molecule has 1 amide bonds. The van der Waals surface area contributed by atoms with Crippen molar-refractivity contribution in [3.8, 4) is 0 Å². The van der Waals surface area contributed by atoms with E-state index in [9.17, 15) is 14.0 Å². The molecule has 2 N–H and O–H groups in total. The molecule has 1 fully saturated rings. The van der Waals surface area contributed by atoms with E-state index in [-0.39, 0.29) is 25.0 Å². The number of carboxylic acid groups (broad SMARTS) is 1. The van der Waals surface area contributed by atoms with Crippen molar-refractivity contribution in [2.45, 2.75) is 24.8 Å². The standard InChI is InChI=1S/C14H16FNO4/c15-11-4-2-1-3-10(11)7-12(17)16-14(8-13(18)19)5-6-20-9-14/h1-4H,5-9H2,(H,16,17)(H,18,19). The minimum Gasteiger partial charge on any atom is -0.481 e. The van der Waals surface area contributed by atoms with Gasteiger partial charge in [0.05, 0.1) is 25.0 Å². The van der Waals surface area contributed by atoms with Crippen molar-refractivity contribution in [2.75, 3.05) is 13.2 Å². The summed E-state index contributed by atoms with van der Waals surface area (Å²) < 4.78 is 18.7. The topological polar surface area (TPSA) is 75.6 Å². The van der Waals surface area contributed by atoms with Crippen LogP contribution in [0.1, 0.15) is 18.4 Å². The average Bonchev–Trinajstić information content (AvgIpc) is 2.79. The van der Waals surface area contributed by atoms with Gasteiger partial charge in [0.1, 0.15) is 5.82 Å². The molecule has 0 saturated carbocycles. The maximum atomic E-state index is 13.5. The zero-order valence-corrected chi connectivity index (χ0v) is 10.9. The minimum absolute atomic E-state index is 0.117. The van der Waals surface area contributed by atoms with Crippen molar-refractivity contribution in [1.82, 2.24) is 5.32 Å². The van der Waals surface area contributed by atoms with E-state index < -0.39 is 23.2 Å². The third kappa shape index (κ3) is 3.54. The lowest BCUT2D eigenvalue weighted by atomic mass is 9.94. The van der Waals surface area contributed by atoms with Gasteiger partial charge >= 0.3 is 5.97 Å². The molecule has 1 unspecified atom stereocenters. The summed E-state index contributed by atoms with van der Waals surface area (Å²) in [5.41, 5.74) is -0.594. The maximum absolute atomic E-state index is 13.5. The number of carboxylic acids is 1. The lowest BCUT2D eigenvalue weighted by Crippen LogP contribution is -2.51. The third-order valence-electron chi connectivity index (χ3n) is 3.31. The predicted molar refractivity (Wildman–Crippen MR) is 68.7 cm³/mol. The Hall–Kier alpha value is -1.95. The van der Waals surface area contributed by atoms with Gasteiger partial charge in [0.2, 0.25) is 5.91 Å². The lowest BCUT2D eigenvalue weighted by molar-refractivity contribution is -0.139. The number of amides is 1. The van der Waals surface area contributed by atoms with E-state index in [1.807, 2.05) is 0 Å². The highest BCUT2D eigenvalue weighted by atomic mass is 19.1. The van der Waals surface area contributed by atoms with Crippen molar-refractivity contribution in [3.63, 3.8) is 0 Å². The SMILES string of the molecule is O=C(O)CC1(NC(=O)Cc2ccccc2F)CCOC1. The number of hydrogen-bond donors (Lipinski definition) is 2. The number of rotatable bonds is 5. The minimum atomic E-state index is -0.998. The second-order valence-corrected chi connectivity index (χ2v) is 4.97. The van der Waals surface area contributed by atoms with Crippen molar-refractivity contribution in [2.24, 2.45) is 0 Å². The molecule has 2 rings (SSSR count). The Labute approximate surface area is 115 Å². The van der Waals surface area contributed by atoms with Gasteiger partial charge in [-0.05, 0) is 18.1 Å². The Morgan fingerprint density at radius 3 is 2.75 bits per heavy atom. The summed E-state index contributed by atoms with van der Waals surface area (Å²) in [7, 11) is 0. The summed E-state index contributed by atoms with van der Waals surface area (Å²) in [5, 5.41) is 11.6. The Kier molecular flexibility index (Phi) is 4.34.